The first-order valence-corrected chi connectivity index (χ1v) is 5.49. The first kappa shape index (κ1) is 11.8. The molecule has 0 saturated heterocycles. The molecule has 1 aromatic carbocycles. The topological polar surface area (TPSA) is 55.9 Å². The zero-order chi connectivity index (χ0) is 12.3. The second-order valence-corrected chi connectivity index (χ2v) is 3.73. The standard InChI is InChI=1S/C12H15FN4/c1-2-17-7-6-15-12(17)11(16-14)9-4-3-5-10(13)8-9/h3-8,11,16H,2,14H2,1H3. The number of nitrogens with two attached hydrogens (primary N) is 1. The second-order valence-electron chi connectivity index (χ2n) is 3.73. The van der Waals surface area contributed by atoms with Crippen LogP contribution in [-0.4, -0.2) is 9.55 Å². The monoisotopic (exact) mass is 234 g/mol. The van der Waals surface area contributed by atoms with Crippen LogP contribution in [0.25, 0.3) is 0 Å². The number of hydrogen-bond donors (Lipinski definition) is 2. The fraction of sp³-hybridized carbons (Fsp3) is 0.250. The van der Waals surface area contributed by atoms with Crippen LogP contribution in [0.4, 0.5) is 4.39 Å². The Hall–Kier alpha value is -1.72. The molecule has 1 atom stereocenters. The highest BCUT2D eigenvalue weighted by Crippen LogP contribution is 2.20. The van der Waals surface area contributed by atoms with Crippen LogP contribution in [0.15, 0.2) is 36.7 Å². The molecule has 0 aliphatic carbocycles. The quantitative estimate of drug-likeness (QED) is 0.624. The number of rotatable bonds is 4. The lowest BCUT2D eigenvalue weighted by molar-refractivity contribution is 0.554. The number of aromatic nitrogens is 2. The van der Waals surface area contributed by atoms with E-state index < -0.39 is 0 Å². The number of benzene rings is 1. The number of imidazole rings is 1. The third-order valence-corrected chi connectivity index (χ3v) is 2.70. The molecular weight excluding hydrogens is 219 g/mol. The maximum Gasteiger partial charge on any atom is 0.131 e. The lowest BCUT2D eigenvalue weighted by atomic mass is 10.1. The van der Waals surface area contributed by atoms with Crippen molar-refractivity contribution in [3.05, 3.63) is 53.9 Å². The van der Waals surface area contributed by atoms with E-state index in [9.17, 15) is 4.39 Å². The average Bonchev–Trinajstić information content (AvgIpc) is 2.78. The molecule has 0 aliphatic rings. The Balaban J connectivity index is 2.40. The normalized spacial score (nSPS) is 12.6. The van der Waals surface area contributed by atoms with Crippen LogP contribution in [0.5, 0.6) is 0 Å². The van der Waals surface area contributed by atoms with Crippen molar-refractivity contribution >= 4 is 0 Å². The van der Waals surface area contributed by atoms with Crippen LogP contribution in [-0.2, 0) is 6.54 Å². The van der Waals surface area contributed by atoms with Crippen LogP contribution in [0.1, 0.15) is 24.4 Å². The van der Waals surface area contributed by atoms with Crippen LogP contribution in [0, 0.1) is 5.82 Å². The second kappa shape index (κ2) is 5.07. The fourth-order valence-electron chi connectivity index (χ4n) is 1.85. The summed E-state index contributed by atoms with van der Waals surface area (Å²) in [5, 5.41) is 0. The molecule has 90 valence electrons. The van der Waals surface area contributed by atoms with Crippen LogP contribution in [0.3, 0.4) is 0 Å². The molecule has 4 nitrogen and oxygen atoms in total. The summed E-state index contributed by atoms with van der Waals surface area (Å²) < 4.78 is 15.2. The summed E-state index contributed by atoms with van der Waals surface area (Å²) in [6.07, 6.45) is 3.58. The molecular formula is C12H15FN4. The molecule has 1 heterocycles. The molecule has 1 aromatic heterocycles. The first-order chi connectivity index (χ1) is 8.26. The smallest absolute Gasteiger partial charge is 0.131 e. The minimum Gasteiger partial charge on any atom is -0.334 e. The van der Waals surface area contributed by atoms with E-state index in [1.807, 2.05) is 23.8 Å². The van der Waals surface area contributed by atoms with Gasteiger partial charge in [-0.15, -0.1) is 0 Å². The summed E-state index contributed by atoms with van der Waals surface area (Å²) in [5.41, 5.74) is 3.43. The number of nitrogens with one attached hydrogen (secondary N) is 1. The number of halogens is 1. The zero-order valence-corrected chi connectivity index (χ0v) is 9.60. The molecule has 2 rings (SSSR count). The van der Waals surface area contributed by atoms with Crippen molar-refractivity contribution in [1.29, 1.82) is 0 Å². The van der Waals surface area contributed by atoms with Crippen molar-refractivity contribution in [2.24, 2.45) is 5.84 Å². The molecule has 0 bridgehead atoms. The van der Waals surface area contributed by atoms with Crippen LogP contribution < -0.4 is 11.3 Å². The van der Waals surface area contributed by atoms with E-state index in [1.54, 1.807) is 12.3 Å². The van der Waals surface area contributed by atoms with Gasteiger partial charge in [0.2, 0.25) is 0 Å². The summed E-state index contributed by atoms with van der Waals surface area (Å²) in [6.45, 7) is 2.81. The molecule has 0 fully saturated rings. The number of hydrogen-bond acceptors (Lipinski definition) is 3. The van der Waals surface area contributed by atoms with Gasteiger partial charge in [-0.25, -0.2) is 14.8 Å². The first-order valence-electron chi connectivity index (χ1n) is 5.49. The number of aryl methyl sites for hydroxylation is 1. The van der Waals surface area contributed by atoms with Gasteiger partial charge in [-0.1, -0.05) is 12.1 Å². The fourth-order valence-corrected chi connectivity index (χ4v) is 1.85. The molecule has 2 aromatic rings. The minimum atomic E-state index is -0.305. The van der Waals surface area contributed by atoms with Crippen molar-refractivity contribution in [3.8, 4) is 0 Å². The van der Waals surface area contributed by atoms with Crippen LogP contribution in [0.2, 0.25) is 0 Å². The highest BCUT2D eigenvalue weighted by molar-refractivity contribution is 5.25. The van der Waals surface area contributed by atoms with Gasteiger partial charge in [0.15, 0.2) is 0 Å². The predicted molar refractivity (Wildman–Crippen MR) is 63.5 cm³/mol. The predicted octanol–water partition coefficient (Wildman–Crippen LogP) is 1.59. The van der Waals surface area contributed by atoms with E-state index in [2.05, 4.69) is 10.4 Å². The Morgan fingerprint density at radius 2 is 2.35 bits per heavy atom. The number of nitrogens with zero attached hydrogens (tertiary/aromatic N) is 2. The largest absolute Gasteiger partial charge is 0.334 e. The Bertz CT molecular complexity index is 495. The summed E-state index contributed by atoms with van der Waals surface area (Å²) in [6, 6.07) is 6.04. The molecule has 0 radical (unpaired) electrons. The summed E-state index contributed by atoms with van der Waals surface area (Å²) in [4.78, 5) is 4.26. The third-order valence-electron chi connectivity index (χ3n) is 2.70. The molecule has 17 heavy (non-hydrogen) atoms. The van der Waals surface area contributed by atoms with Crippen molar-refractivity contribution in [1.82, 2.24) is 15.0 Å². The van der Waals surface area contributed by atoms with Crippen molar-refractivity contribution in [3.63, 3.8) is 0 Å². The van der Waals surface area contributed by atoms with E-state index >= 15 is 0 Å². The Kier molecular flexibility index (Phi) is 3.51. The molecule has 1 unspecified atom stereocenters. The van der Waals surface area contributed by atoms with E-state index in [-0.39, 0.29) is 11.9 Å². The summed E-state index contributed by atoms with van der Waals surface area (Å²) in [7, 11) is 0. The van der Waals surface area contributed by atoms with Crippen LogP contribution >= 0.6 is 0 Å². The van der Waals surface area contributed by atoms with Gasteiger partial charge in [0, 0.05) is 18.9 Å². The van der Waals surface area contributed by atoms with Gasteiger partial charge in [0.05, 0.1) is 0 Å². The van der Waals surface area contributed by atoms with Gasteiger partial charge >= 0.3 is 0 Å². The van der Waals surface area contributed by atoms with Gasteiger partial charge in [-0.05, 0) is 24.6 Å². The average molecular weight is 234 g/mol. The maximum absolute atomic E-state index is 13.2. The Morgan fingerprint density at radius 3 is 3.00 bits per heavy atom. The molecule has 0 amide bonds. The van der Waals surface area contributed by atoms with Gasteiger partial charge in [0.1, 0.15) is 17.7 Å². The maximum atomic E-state index is 13.2. The van der Waals surface area contributed by atoms with Crippen molar-refractivity contribution in [2.75, 3.05) is 0 Å². The minimum absolute atomic E-state index is 0.280. The molecule has 0 spiro atoms. The Morgan fingerprint density at radius 1 is 1.53 bits per heavy atom. The molecule has 0 aliphatic heterocycles. The van der Waals surface area contributed by atoms with E-state index in [0.717, 1.165) is 17.9 Å². The number of hydrazine groups is 1. The summed E-state index contributed by atoms with van der Waals surface area (Å²) in [5.74, 6) is 6.04. The molecule has 3 N–H and O–H groups in total. The molecule has 0 saturated carbocycles. The zero-order valence-electron chi connectivity index (χ0n) is 9.60. The van der Waals surface area contributed by atoms with Gasteiger partial charge in [-0.2, -0.15) is 0 Å². The highest BCUT2D eigenvalue weighted by Gasteiger charge is 2.17. The highest BCUT2D eigenvalue weighted by atomic mass is 19.1. The Labute approximate surface area is 99.2 Å². The summed E-state index contributed by atoms with van der Waals surface area (Å²) >= 11 is 0. The SMILES string of the molecule is CCn1ccnc1C(NN)c1cccc(F)c1. The van der Waals surface area contributed by atoms with Gasteiger partial charge in [0.25, 0.3) is 0 Å². The van der Waals surface area contributed by atoms with E-state index in [1.165, 1.54) is 12.1 Å². The molecule has 5 heteroatoms. The lowest BCUT2D eigenvalue weighted by Gasteiger charge is -2.17. The lowest BCUT2D eigenvalue weighted by Crippen LogP contribution is -2.31. The van der Waals surface area contributed by atoms with Gasteiger partial charge in [-0.3, -0.25) is 5.84 Å². The van der Waals surface area contributed by atoms with Crippen molar-refractivity contribution in [2.45, 2.75) is 19.5 Å². The van der Waals surface area contributed by atoms with Crippen molar-refractivity contribution < 1.29 is 4.39 Å². The van der Waals surface area contributed by atoms with E-state index in [0.29, 0.717) is 0 Å². The third kappa shape index (κ3) is 2.35. The van der Waals surface area contributed by atoms with Gasteiger partial charge < -0.3 is 4.57 Å². The van der Waals surface area contributed by atoms with E-state index in [4.69, 9.17) is 5.84 Å².